The van der Waals surface area contributed by atoms with Crippen molar-refractivity contribution < 1.29 is 4.74 Å². The molecule has 0 aromatic heterocycles. The predicted octanol–water partition coefficient (Wildman–Crippen LogP) is 2.77. The molecule has 2 rings (SSSR count). The van der Waals surface area contributed by atoms with Crippen LogP contribution in [0.15, 0.2) is 18.2 Å². The molecular formula is C15H24N2O. The van der Waals surface area contributed by atoms with Crippen LogP contribution < -0.4 is 10.1 Å². The summed E-state index contributed by atoms with van der Waals surface area (Å²) in [6.45, 7) is 6.24. The highest BCUT2D eigenvalue weighted by Gasteiger charge is 2.09. The monoisotopic (exact) mass is 248 g/mol. The summed E-state index contributed by atoms with van der Waals surface area (Å²) in [5.41, 5.74) is 2.53. The van der Waals surface area contributed by atoms with Crippen LogP contribution in [0.3, 0.4) is 0 Å². The molecule has 0 bridgehead atoms. The van der Waals surface area contributed by atoms with Gasteiger partial charge in [-0.2, -0.15) is 0 Å². The summed E-state index contributed by atoms with van der Waals surface area (Å²) in [5, 5.41) is 3.39. The van der Waals surface area contributed by atoms with Crippen molar-refractivity contribution in [3.05, 3.63) is 23.8 Å². The molecule has 1 aromatic carbocycles. The van der Waals surface area contributed by atoms with Crippen LogP contribution >= 0.6 is 0 Å². The second kappa shape index (κ2) is 6.64. The van der Waals surface area contributed by atoms with Crippen LogP contribution in [0.5, 0.6) is 5.75 Å². The number of benzene rings is 1. The van der Waals surface area contributed by atoms with Crippen LogP contribution in [0.1, 0.15) is 25.3 Å². The van der Waals surface area contributed by atoms with Gasteiger partial charge in [0.15, 0.2) is 0 Å². The van der Waals surface area contributed by atoms with E-state index in [-0.39, 0.29) is 0 Å². The lowest BCUT2D eigenvalue weighted by atomic mass is 10.1. The minimum atomic E-state index is 0.770. The molecule has 0 radical (unpaired) electrons. The maximum Gasteiger partial charge on any atom is 0.142 e. The number of hydrogen-bond donors (Lipinski definition) is 1. The first-order valence-corrected chi connectivity index (χ1v) is 6.97. The Morgan fingerprint density at radius 3 is 3.06 bits per heavy atom. The lowest BCUT2D eigenvalue weighted by molar-refractivity contribution is 0.322. The molecule has 100 valence electrons. The van der Waals surface area contributed by atoms with Gasteiger partial charge in [-0.15, -0.1) is 0 Å². The third-order valence-electron chi connectivity index (χ3n) is 3.39. The number of unbranched alkanes of at least 4 members (excludes halogenated alkanes) is 1. The smallest absolute Gasteiger partial charge is 0.142 e. The van der Waals surface area contributed by atoms with Crippen molar-refractivity contribution in [3.8, 4) is 5.75 Å². The van der Waals surface area contributed by atoms with Gasteiger partial charge in [-0.1, -0.05) is 19.4 Å². The SMILES string of the molecule is CCCCN(C)CCc1ccc2c(c1)NCCO2. The van der Waals surface area contributed by atoms with Crippen molar-refractivity contribution in [1.29, 1.82) is 0 Å². The lowest BCUT2D eigenvalue weighted by Crippen LogP contribution is -2.22. The Kier molecular flexibility index (Phi) is 4.88. The molecule has 0 amide bonds. The molecule has 1 N–H and O–H groups in total. The Morgan fingerprint density at radius 1 is 1.33 bits per heavy atom. The molecule has 0 unspecified atom stereocenters. The molecule has 3 heteroatoms. The normalized spacial score (nSPS) is 13.9. The molecule has 0 saturated carbocycles. The molecular weight excluding hydrogens is 224 g/mol. The standard InChI is InChI=1S/C15H24N2O/c1-3-4-9-17(2)10-7-13-5-6-15-14(12-13)16-8-11-18-15/h5-6,12,16H,3-4,7-11H2,1-2H3. The second-order valence-electron chi connectivity index (χ2n) is 5.01. The summed E-state index contributed by atoms with van der Waals surface area (Å²) in [6.07, 6.45) is 3.66. The maximum absolute atomic E-state index is 5.58. The van der Waals surface area contributed by atoms with Gasteiger partial charge in [-0.25, -0.2) is 0 Å². The van der Waals surface area contributed by atoms with E-state index in [0.717, 1.165) is 37.6 Å². The highest BCUT2D eigenvalue weighted by molar-refractivity contribution is 5.59. The van der Waals surface area contributed by atoms with Crippen molar-refractivity contribution in [2.75, 3.05) is 38.6 Å². The van der Waals surface area contributed by atoms with E-state index >= 15 is 0 Å². The molecule has 1 aliphatic heterocycles. The van der Waals surface area contributed by atoms with Crippen LogP contribution in [0.4, 0.5) is 5.69 Å². The van der Waals surface area contributed by atoms with Gasteiger partial charge in [0.2, 0.25) is 0 Å². The van der Waals surface area contributed by atoms with Gasteiger partial charge in [0.1, 0.15) is 12.4 Å². The van der Waals surface area contributed by atoms with E-state index in [1.807, 2.05) is 0 Å². The Hall–Kier alpha value is -1.22. The third-order valence-corrected chi connectivity index (χ3v) is 3.39. The topological polar surface area (TPSA) is 24.5 Å². The van der Waals surface area contributed by atoms with Crippen molar-refractivity contribution in [1.82, 2.24) is 4.90 Å². The molecule has 1 aliphatic rings. The summed E-state index contributed by atoms with van der Waals surface area (Å²) in [6, 6.07) is 6.49. The molecule has 0 spiro atoms. The minimum absolute atomic E-state index is 0.770. The summed E-state index contributed by atoms with van der Waals surface area (Å²) >= 11 is 0. The highest BCUT2D eigenvalue weighted by atomic mass is 16.5. The fourth-order valence-corrected chi connectivity index (χ4v) is 2.20. The van der Waals surface area contributed by atoms with E-state index in [1.54, 1.807) is 0 Å². The first-order chi connectivity index (χ1) is 8.79. The van der Waals surface area contributed by atoms with Crippen molar-refractivity contribution >= 4 is 5.69 Å². The van der Waals surface area contributed by atoms with Gasteiger partial charge in [-0.3, -0.25) is 0 Å². The average molecular weight is 248 g/mol. The molecule has 0 aliphatic carbocycles. The van der Waals surface area contributed by atoms with Crippen LogP contribution in [0, 0.1) is 0 Å². The summed E-state index contributed by atoms with van der Waals surface area (Å²) in [4.78, 5) is 2.41. The van der Waals surface area contributed by atoms with Crippen molar-refractivity contribution in [2.45, 2.75) is 26.2 Å². The zero-order valence-corrected chi connectivity index (χ0v) is 11.5. The summed E-state index contributed by atoms with van der Waals surface area (Å²) < 4.78 is 5.58. The van der Waals surface area contributed by atoms with E-state index in [1.165, 1.54) is 24.9 Å². The number of likely N-dealkylation sites (N-methyl/N-ethyl adjacent to an activating group) is 1. The predicted molar refractivity (Wildman–Crippen MR) is 76.5 cm³/mol. The fraction of sp³-hybridized carbons (Fsp3) is 0.600. The van der Waals surface area contributed by atoms with Crippen LogP contribution in [0.25, 0.3) is 0 Å². The number of nitrogens with zero attached hydrogens (tertiary/aromatic N) is 1. The molecule has 0 saturated heterocycles. The highest BCUT2D eigenvalue weighted by Crippen LogP contribution is 2.28. The summed E-state index contributed by atoms with van der Waals surface area (Å²) in [7, 11) is 2.20. The number of anilines is 1. The quantitative estimate of drug-likeness (QED) is 0.838. The van der Waals surface area contributed by atoms with Gasteiger partial charge in [0, 0.05) is 13.1 Å². The van der Waals surface area contributed by atoms with Crippen molar-refractivity contribution in [3.63, 3.8) is 0 Å². The van der Waals surface area contributed by atoms with E-state index in [2.05, 4.69) is 42.4 Å². The molecule has 3 nitrogen and oxygen atoms in total. The minimum Gasteiger partial charge on any atom is -0.490 e. The first kappa shape index (κ1) is 13.2. The van der Waals surface area contributed by atoms with Gasteiger partial charge in [0.25, 0.3) is 0 Å². The van der Waals surface area contributed by atoms with E-state index < -0.39 is 0 Å². The molecule has 0 atom stereocenters. The maximum atomic E-state index is 5.58. The largest absolute Gasteiger partial charge is 0.490 e. The zero-order chi connectivity index (χ0) is 12.8. The van der Waals surface area contributed by atoms with Gasteiger partial charge < -0.3 is 15.0 Å². The molecule has 1 aromatic rings. The number of hydrogen-bond acceptors (Lipinski definition) is 3. The number of fused-ring (bicyclic) bond motifs is 1. The molecule has 18 heavy (non-hydrogen) atoms. The second-order valence-corrected chi connectivity index (χ2v) is 5.01. The summed E-state index contributed by atoms with van der Waals surface area (Å²) in [5.74, 6) is 0.990. The number of ether oxygens (including phenoxy) is 1. The number of nitrogens with one attached hydrogen (secondary N) is 1. The van der Waals surface area contributed by atoms with Crippen molar-refractivity contribution in [2.24, 2.45) is 0 Å². The van der Waals surface area contributed by atoms with E-state index in [9.17, 15) is 0 Å². The fourth-order valence-electron chi connectivity index (χ4n) is 2.20. The molecule has 0 fully saturated rings. The average Bonchev–Trinajstić information content (AvgIpc) is 2.42. The van der Waals surface area contributed by atoms with Gasteiger partial charge in [0.05, 0.1) is 5.69 Å². The zero-order valence-electron chi connectivity index (χ0n) is 11.5. The van der Waals surface area contributed by atoms with E-state index in [0.29, 0.717) is 0 Å². The Labute approximate surface area is 110 Å². The van der Waals surface area contributed by atoms with E-state index in [4.69, 9.17) is 4.74 Å². The Balaban J connectivity index is 1.86. The third kappa shape index (κ3) is 3.64. The van der Waals surface area contributed by atoms with Crippen LogP contribution in [-0.2, 0) is 6.42 Å². The Morgan fingerprint density at radius 2 is 2.22 bits per heavy atom. The van der Waals surface area contributed by atoms with Gasteiger partial charge in [-0.05, 0) is 44.1 Å². The number of rotatable bonds is 6. The van der Waals surface area contributed by atoms with Crippen LogP contribution in [0.2, 0.25) is 0 Å². The lowest BCUT2D eigenvalue weighted by Gasteiger charge is -2.20. The first-order valence-electron chi connectivity index (χ1n) is 6.97. The Bertz CT molecular complexity index is 379. The van der Waals surface area contributed by atoms with Gasteiger partial charge >= 0.3 is 0 Å². The van der Waals surface area contributed by atoms with Crippen LogP contribution in [-0.4, -0.2) is 38.2 Å². The molecule has 1 heterocycles.